The molecule has 0 aromatic heterocycles. The number of likely N-dealkylation sites (N-methyl/N-ethyl adjacent to an activating group) is 1. The molecule has 5 heteroatoms. The van der Waals surface area contributed by atoms with Crippen molar-refractivity contribution in [2.24, 2.45) is 0 Å². The molecule has 2 unspecified atom stereocenters. The maximum absolute atomic E-state index is 12.1. The van der Waals surface area contributed by atoms with Gasteiger partial charge in [-0.25, -0.2) is 0 Å². The first-order chi connectivity index (χ1) is 8.91. The predicted octanol–water partition coefficient (Wildman–Crippen LogP) is 0.600. The van der Waals surface area contributed by atoms with Crippen LogP contribution in [0.1, 0.15) is 34.1 Å². The number of nitrogens with one attached hydrogen (secondary N) is 2. The average molecular weight is 271 g/mol. The minimum atomic E-state index is -0.157. The first-order valence-corrected chi connectivity index (χ1v) is 7.20. The Bertz CT molecular complexity index is 294. The molecule has 1 heterocycles. The van der Waals surface area contributed by atoms with Gasteiger partial charge in [0.2, 0.25) is 5.91 Å². The van der Waals surface area contributed by atoms with E-state index in [1.165, 1.54) is 0 Å². The molecule has 5 nitrogen and oxygen atoms in total. The number of methoxy groups -OCH3 is 1. The number of carbonyl (C=O) groups is 1. The van der Waals surface area contributed by atoms with Crippen LogP contribution in [0.2, 0.25) is 0 Å². The van der Waals surface area contributed by atoms with Crippen LogP contribution >= 0.6 is 0 Å². The highest BCUT2D eigenvalue weighted by Gasteiger charge is 2.33. The summed E-state index contributed by atoms with van der Waals surface area (Å²) in [6, 6.07) is 0.251. The third-order valence-corrected chi connectivity index (χ3v) is 3.84. The zero-order valence-corrected chi connectivity index (χ0v) is 13.0. The van der Waals surface area contributed by atoms with Gasteiger partial charge in [0.15, 0.2) is 0 Å². The number of hydrogen-bond donors (Lipinski definition) is 2. The van der Waals surface area contributed by atoms with Crippen molar-refractivity contribution in [1.29, 1.82) is 0 Å². The molecule has 0 aromatic rings. The van der Waals surface area contributed by atoms with Crippen LogP contribution in [0, 0.1) is 0 Å². The van der Waals surface area contributed by atoms with Gasteiger partial charge in [0.05, 0.1) is 5.60 Å². The van der Waals surface area contributed by atoms with E-state index in [2.05, 4.69) is 36.3 Å². The second kappa shape index (κ2) is 7.22. The summed E-state index contributed by atoms with van der Waals surface area (Å²) in [7, 11) is 1.74. The quantitative estimate of drug-likeness (QED) is 0.743. The molecule has 0 aliphatic carbocycles. The number of ether oxygens (including phenoxy) is 1. The Hall–Kier alpha value is -0.650. The minimum Gasteiger partial charge on any atom is -0.379 e. The maximum Gasteiger partial charge on any atom is 0.238 e. The van der Waals surface area contributed by atoms with Crippen LogP contribution in [0.3, 0.4) is 0 Å². The van der Waals surface area contributed by atoms with Gasteiger partial charge < -0.3 is 15.4 Å². The largest absolute Gasteiger partial charge is 0.379 e. The summed E-state index contributed by atoms with van der Waals surface area (Å²) in [5.41, 5.74) is -0.157. The number of hydrogen-bond acceptors (Lipinski definition) is 4. The second-order valence-electron chi connectivity index (χ2n) is 5.87. The molecule has 0 saturated carbocycles. The minimum absolute atomic E-state index is 0.0728. The van der Waals surface area contributed by atoms with Gasteiger partial charge >= 0.3 is 0 Å². The number of rotatable bonds is 6. The van der Waals surface area contributed by atoms with Crippen molar-refractivity contribution in [3.8, 4) is 0 Å². The van der Waals surface area contributed by atoms with Crippen LogP contribution in [-0.2, 0) is 9.53 Å². The van der Waals surface area contributed by atoms with E-state index in [1.54, 1.807) is 7.11 Å². The fourth-order valence-corrected chi connectivity index (χ4v) is 2.69. The zero-order valence-electron chi connectivity index (χ0n) is 13.0. The normalized spacial score (nSPS) is 23.1. The van der Waals surface area contributed by atoms with Crippen molar-refractivity contribution < 1.29 is 9.53 Å². The van der Waals surface area contributed by atoms with Crippen molar-refractivity contribution in [1.82, 2.24) is 15.5 Å². The van der Waals surface area contributed by atoms with Gasteiger partial charge in [-0.05, 0) is 34.1 Å². The first-order valence-electron chi connectivity index (χ1n) is 7.20. The molecule has 19 heavy (non-hydrogen) atoms. The third kappa shape index (κ3) is 4.75. The van der Waals surface area contributed by atoms with Gasteiger partial charge in [0.25, 0.3) is 0 Å². The number of amides is 1. The summed E-state index contributed by atoms with van der Waals surface area (Å²) in [5.74, 6) is 0.122. The standard InChI is InChI=1S/C14H29N3O2/c1-6-16-13(18)12-10-15-7-8-17(12)11(2)9-14(3,4)19-5/h11-12,15H,6-10H2,1-5H3,(H,16,18). The number of carbonyl (C=O) groups excluding carboxylic acids is 1. The molecular weight excluding hydrogens is 242 g/mol. The Balaban J connectivity index is 2.68. The monoisotopic (exact) mass is 271 g/mol. The fourth-order valence-electron chi connectivity index (χ4n) is 2.69. The number of nitrogens with zero attached hydrogens (tertiary/aromatic N) is 1. The average Bonchev–Trinajstić information content (AvgIpc) is 2.38. The molecular formula is C14H29N3O2. The lowest BCUT2D eigenvalue weighted by Crippen LogP contribution is -2.60. The molecule has 2 atom stereocenters. The summed E-state index contributed by atoms with van der Waals surface area (Å²) >= 11 is 0. The molecule has 1 saturated heterocycles. The number of piperazine rings is 1. The molecule has 1 aliphatic heterocycles. The molecule has 1 fully saturated rings. The summed E-state index contributed by atoms with van der Waals surface area (Å²) < 4.78 is 5.50. The molecule has 0 radical (unpaired) electrons. The molecule has 2 N–H and O–H groups in total. The molecule has 0 spiro atoms. The van der Waals surface area contributed by atoms with Crippen molar-refractivity contribution in [3.63, 3.8) is 0 Å². The smallest absolute Gasteiger partial charge is 0.238 e. The Morgan fingerprint density at radius 1 is 1.58 bits per heavy atom. The Labute approximate surface area is 117 Å². The van der Waals surface area contributed by atoms with Gasteiger partial charge in [-0.1, -0.05) is 0 Å². The van der Waals surface area contributed by atoms with E-state index < -0.39 is 0 Å². The van der Waals surface area contributed by atoms with Crippen LogP contribution in [0.4, 0.5) is 0 Å². The third-order valence-electron chi connectivity index (χ3n) is 3.84. The molecule has 1 aliphatic rings. The molecule has 1 rings (SSSR count). The van der Waals surface area contributed by atoms with Gasteiger partial charge in [0, 0.05) is 39.3 Å². The fraction of sp³-hybridized carbons (Fsp3) is 0.929. The van der Waals surface area contributed by atoms with E-state index in [1.807, 2.05) is 6.92 Å². The Morgan fingerprint density at radius 2 is 2.26 bits per heavy atom. The Kier molecular flexibility index (Phi) is 6.23. The van der Waals surface area contributed by atoms with Crippen molar-refractivity contribution >= 4 is 5.91 Å². The lowest BCUT2D eigenvalue weighted by molar-refractivity contribution is -0.128. The topological polar surface area (TPSA) is 53.6 Å². The van der Waals surface area contributed by atoms with Crippen LogP contribution in [0.5, 0.6) is 0 Å². The van der Waals surface area contributed by atoms with E-state index in [9.17, 15) is 4.79 Å². The molecule has 0 aromatic carbocycles. The predicted molar refractivity (Wildman–Crippen MR) is 77.2 cm³/mol. The van der Waals surface area contributed by atoms with Crippen molar-refractivity contribution in [2.45, 2.75) is 51.8 Å². The first kappa shape index (κ1) is 16.4. The van der Waals surface area contributed by atoms with E-state index >= 15 is 0 Å². The lowest BCUT2D eigenvalue weighted by Gasteiger charge is -2.41. The lowest BCUT2D eigenvalue weighted by atomic mass is 9.97. The van der Waals surface area contributed by atoms with E-state index in [-0.39, 0.29) is 17.6 Å². The molecule has 0 bridgehead atoms. The summed E-state index contributed by atoms with van der Waals surface area (Å²) in [5, 5.41) is 6.23. The SMILES string of the molecule is CCNC(=O)C1CNCCN1C(C)CC(C)(C)OC. The second-order valence-corrected chi connectivity index (χ2v) is 5.87. The van der Waals surface area contributed by atoms with Gasteiger partial charge in [-0.2, -0.15) is 0 Å². The highest BCUT2D eigenvalue weighted by molar-refractivity contribution is 5.82. The van der Waals surface area contributed by atoms with Crippen molar-refractivity contribution in [3.05, 3.63) is 0 Å². The summed E-state index contributed by atoms with van der Waals surface area (Å²) in [4.78, 5) is 14.4. The van der Waals surface area contributed by atoms with E-state index in [0.717, 1.165) is 26.1 Å². The van der Waals surface area contributed by atoms with Gasteiger partial charge in [0.1, 0.15) is 6.04 Å². The highest BCUT2D eigenvalue weighted by atomic mass is 16.5. The maximum atomic E-state index is 12.1. The van der Waals surface area contributed by atoms with Crippen LogP contribution in [-0.4, -0.2) is 61.8 Å². The molecule has 112 valence electrons. The van der Waals surface area contributed by atoms with Gasteiger partial charge in [-0.15, -0.1) is 0 Å². The summed E-state index contributed by atoms with van der Waals surface area (Å²) in [6.07, 6.45) is 0.916. The Morgan fingerprint density at radius 3 is 2.84 bits per heavy atom. The zero-order chi connectivity index (χ0) is 14.5. The van der Waals surface area contributed by atoms with Gasteiger partial charge in [-0.3, -0.25) is 9.69 Å². The van der Waals surface area contributed by atoms with Crippen molar-refractivity contribution in [2.75, 3.05) is 33.3 Å². The highest BCUT2D eigenvalue weighted by Crippen LogP contribution is 2.21. The van der Waals surface area contributed by atoms with Crippen LogP contribution in [0.15, 0.2) is 0 Å². The van der Waals surface area contributed by atoms with Crippen LogP contribution < -0.4 is 10.6 Å². The van der Waals surface area contributed by atoms with E-state index in [0.29, 0.717) is 12.6 Å². The van der Waals surface area contributed by atoms with E-state index in [4.69, 9.17) is 4.74 Å². The summed E-state index contributed by atoms with van der Waals surface area (Å²) in [6.45, 7) is 11.6. The van der Waals surface area contributed by atoms with Crippen LogP contribution in [0.25, 0.3) is 0 Å². The molecule has 1 amide bonds.